The van der Waals surface area contributed by atoms with Gasteiger partial charge in [0.25, 0.3) is 20.2 Å². The monoisotopic (exact) mass is 520 g/mol. The van der Waals surface area contributed by atoms with Gasteiger partial charge in [0.15, 0.2) is 0 Å². The van der Waals surface area contributed by atoms with Gasteiger partial charge in [-0.2, -0.15) is 16.8 Å². The fraction of sp³-hybridized carbons (Fsp3) is 0.429. The molecule has 8 nitrogen and oxygen atoms in total. The molecular formula is C21H30Na2O8S2. The Morgan fingerprint density at radius 3 is 1.82 bits per heavy atom. The molecule has 0 aliphatic heterocycles. The molecule has 0 aromatic heterocycles. The Morgan fingerprint density at radius 2 is 1.30 bits per heavy atom. The molecule has 0 spiro atoms. The number of benzene rings is 2. The van der Waals surface area contributed by atoms with E-state index >= 15 is 0 Å². The molecule has 0 saturated carbocycles. The third-order valence-corrected chi connectivity index (χ3v) is 6.11. The number of hydrogen-bond acceptors (Lipinski definition) is 6. The molecule has 0 amide bonds. The van der Waals surface area contributed by atoms with Crippen LogP contribution in [0.4, 0.5) is 0 Å². The molecule has 1 unspecified atom stereocenters. The minimum atomic E-state index is -3.98. The summed E-state index contributed by atoms with van der Waals surface area (Å²) in [5, 5.41) is 0. The van der Waals surface area contributed by atoms with Crippen molar-refractivity contribution >= 4 is 20.2 Å². The van der Waals surface area contributed by atoms with E-state index < -0.39 is 20.2 Å². The van der Waals surface area contributed by atoms with Gasteiger partial charge in [0.2, 0.25) is 0 Å². The van der Waals surface area contributed by atoms with Crippen LogP contribution in [0.2, 0.25) is 0 Å². The van der Waals surface area contributed by atoms with Crippen LogP contribution >= 0.6 is 0 Å². The first-order valence-electron chi connectivity index (χ1n) is 9.87. The van der Waals surface area contributed by atoms with Gasteiger partial charge in [0.1, 0.15) is 11.5 Å². The number of ether oxygens (including phenoxy) is 2. The van der Waals surface area contributed by atoms with Crippen LogP contribution in [0.5, 0.6) is 11.5 Å². The molecule has 33 heavy (non-hydrogen) atoms. The van der Waals surface area contributed by atoms with Gasteiger partial charge in [0, 0.05) is 0 Å². The van der Waals surface area contributed by atoms with Gasteiger partial charge in [-0.05, 0) is 60.6 Å². The zero-order valence-corrected chi connectivity index (χ0v) is 24.9. The normalized spacial score (nSPS) is 12.2. The summed E-state index contributed by atoms with van der Waals surface area (Å²) in [6.07, 6.45) is 1.15. The van der Waals surface area contributed by atoms with Crippen LogP contribution in [0.1, 0.15) is 39.7 Å². The van der Waals surface area contributed by atoms with E-state index in [1.165, 1.54) is 0 Å². The van der Waals surface area contributed by atoms with Crippen molar-refractivity contribution in [2.24, 2.45) is 0 Å². The van der Waals surface area contributed by atoms with E-state index in [4.69, 9.17) is 18.6 Å². The van der Waals surface area contributed by atoms with Crippen LogP contribution in [-0.2, 0) is 26.7 Å². The first kappa shape index (κ1) is 32.9. The summed E-state index contributed by atoms with van der Waals surface area (Å²) in [7, 11) is -7.96. The summed E-state index contributed by atoms with van der Waals surface area (Å²) in [6, 6.07) is 15.1. The second-order valence-electron chi connectivity index (χ2n) is 7.30. The van der Waals surface area contributed by atoms with Gasteiger partial charge in [0.05, 0.1) is 24.7 Å². The summed E-state index contributed by atoms with van der Waals surface area (Å²) in [6.45, 7) is 2.46. The average Bonchev–Trinajstić information content (AvgIpc) is 2.68. The van der Waals surface area contributed by atoms with Crippen LogP contribution in [-0.4, -0.2) is 50.7 Å². The maximum Gasteiger partial charge on any atom is 1.00 e. The van der Waals surface area contributed by atoms with Gasteiger partial charge in [-0.3, -0.25) is 9.11 Å². The largest absolute Gasteiger partial charge is 1.00 e. The predicted octanol–water partition coefficient (Wildman–Crippen LogP) is -2.42. The molecule has 0 aliphatic carbocycles. The molecule has 0 heterocycles. The molecular weight excluding hydrogens is 490 g/mol. The van der Waals surface area contributed by atoms with Crippen LogP contribution in [0.3, 0.4) is 0 Å². The maximum absolute atomic E-state index is 10.8. The average molecular weight is 521 g/mol. The standard InChI is InChI=1S/C21H28O8S2.2Na.2H/c1-17(19-7-3-9-21(16-19)29-11-5-13-31(25,26)27)14-18-6-2-8-20(15-18)28-10-4-12-30(22,23)24;;;;/h2-3,6-9,15-17H,4-5,10-14H2,1H3,(H,22,23,24)(H,25,26,27);;;;/q;2*+1;2*-1. The molecule has 0 saturated heterocycles. The Labute approximate surface area is 243 Å². The van der Waals surface area contributed by atoms with E-state index in [9.17, 15) is 16.8 Å². The van der Waals surface area contributed by atoms with Gasteiger partial charge in [-0.25, -0.2) is 0 Å². The molecule has 0 fully saturated rings. The molecule has 2 N–H and O–H groups in total. The molecule has 0 radical (unpaired) electrons. The van der Waals surface area contributed by atoms with Crippen molar-refractivity contribution in [3.63, 3.8) is 0 Å². The van der Waals surface area contributed by atoms with Crippen molar-refractivity contribution in [3.8, 4) is 11.5 Å². The molecule has 2 aromatic carbocycles. The van der Waals surface area contributed by atoms with Crippen LogP contribution in [0.15, 0.2) is 48.5 Å². The van der Waals surface area contributed by atoms with Gasteiger partial charge in [-0.1, -0.05) is 31.2 Å². The van der Waals surface area contributed by atoms with Crippen molar-refractivity contribution < 1.29 is 97.4 Å². The smallest absolute Gasteiger partial charge is 1.00 e. The quantitative estimate of drug-likeness (QED) is 0.170. The molecule has 1 atom stereocenters. The van der Waals surface area contributed by atoms with Crippen LogP contribution in [0, 0.1) is 0 Å². The molecule has 2 aromatic rings. The molecule has 2 rings (SSSR count). The van der Waals surface area contributed by atoms with E-state index in [0.29, 0.717) is 11.5 Å². The predicted molar refractivity (Wildman–Crippen MR) is 120 cm³/mol. The van der Waals surface area contributed by atoms with Crippen molar-refractivity contribution in [1.29, 1.82) is 0 Å². The van der Waals surface area contributed by atoms with Crippen molar-refractivity contribution in [2.45, 2.75) is 32.1 Å². The Bertz CT molecular complexity index is 1070. The molecule has 12 heteroatoms. The first-order valence-corrected chi connectivity index (χ1v) is 13.1. The van der Waals surface area contributed by atoms with E-state index in [1.54, 1.807) is 12.1 Å². The van der Waals surface area contributed by atoms with Gasteiger partial charge >= 0.3 is 59.1 Å². The maximum atomic E-state index is 10.8. The third-order valence-electron chi connectivity index (χ3n) is 4.50. The van der Waals surface area contributed by atoms with E-state index in [1.807, 2.05) is 36.4 Å². The fourth-order valence-corrected chi connectivity index (χ4v) is 3.97. The minimum Gasteiger partial charge on any atom is -1.00 e. The topological polar surface area (TPSA) is 127 Å². The van der Waals surface area contributed by atoms with Crippen LogP contribution < -0.4 is 68.6 Å². The third kappa shape index (κ3) is 14.8. The Hall–Kier alpha value is -0.140. The summed E-state index contributed by atoms with van der Waals surface area (Å²) in [4.78, 5) is 0. The SMILES string of the molecule is CC(Cc1cccc(OCCCS(=O)(=O)O)c1)c1cccc(OCCCS(=O)(=O)O)c1.[H-].[H-].[Na+].[Na+]. The minimum absolute atomic E-state index is 0. The molecule has 0 bridgehead atoms. The zero-order chi connectivity index (χ0) is 22.9. The van der Waals surface area contributed by atoms with E-state index in [0.717, 1.165) is 17.5 Å². The second kappa shape index (κ2) is 15.8. The van der Waals surface area contributed by atoms with E-state index in [-0.39, 0.29) is 105 Å². The fourth-order valence-electron chi connectivity index (χ4n) is 3.01. The Morgan fingerprint density at radius 1 is 0.818 bits per heavy atom. The van der Waals surface area contributed by atoms with Gasteiger partial charge in [-0.15, -0.1) is 0 Å². The summed E-state index contributed by atoms with van der Waals surface area (Å²) in [5.74, 6) is 0.776. The summed E-state index contributed by atoms with van der Waals surface area (Å²) >= 11 is 0. The zero-order valence-electron chi connectivity index (χ0n) is 21.3. The van der Waals surface area contributed by atoms with Crippen molar-refractivity contribution in [3.05, 3.63) is 59.7 Å². The van der Waals surface area contributed by atoms with Crippen LogP contribution in [0.25, 0.3) is 0 Å². The van der Waals surface area contributed by atoms with Gasteiger partial charge < -0.3 is 12.3 Å². The second-order valence-corrected chi connectivity index (χ2v) is 10.4. The summed E-state index contributed by atoms with van der Waals surface area (Å²) in [5.41, 5.74) is 2.12. The van der Waals surface area contributed by atoms with Crippen molar-refractivity contribution in [2.75, 3.05) is 24.7 Å². The summed E-state index contributed by atoms with van der Waals surface area (Å²) < 4.78 is 71.7. The number of rotatable bonds is 13. The number of hydrogen-bond donors (Lipinski definition) is 2. The molecule has 176 valence electrons. The van der Waals surface area contributed by atoms with Crippen molar-refractivity contribution in [1.82, 2.24) is 0 Å². The Balaban J connectivity index is -0.00000256. The Kier molecular flexibility index (Phi) is 15.7. The first-order chi connectivity index (χ1) is 14.5. The molecule has 0 aliphatic rings. The van der Waals surface area contributed by atoms with E-state index in [2.05, 4.69) is 6.92 Å².